The van der Waals surface area contributed by atoms with Crippen LogP contribution in [0.25, 0.3) is 0 Å². The summed E-state index contributed by atoms with van der Waals surface area (Å²) < 4.78 is 5.53. The maximum atomic E-state index is 13.2. The molecule has 3 atom stereocenters. The van der Waals surface area contributed by atoms with Crippen LogP contribution < -0.4 is 5.32 Å². The number of amides is 2. The second-order valence-corrected chi connectivity index (χ2v) is 10.3. The first kappa shape index (κ1) is 30.8. The van der Waals surface area contributed by atoms with Gasteiger partial charge in [-0.15, -0.1) is 13.2 Å². The van der Waals surface area contributed by atoms with E-state index in [0.29, 0.717) is 32.2 Å². The Morgan fingerprint density at radius 3 is 2.45 bits per heavy atom. The van der Waals surface area contributed by atoms with Crippen molar-refractivity contribution >= 4 is 17.8 Å². The lowest BCUT2D eigenvalue weighted by molar-refractivity contribution is -0.149. The summed E-state index contributed by atoms with van der Waals surface area (Å²) in [5, 5.41) is 12.7. The average Bonchev–Trinajstić information content (AvgIpc) is 2.98. The Labute approximate surface area is 237 Å². The van der Waals surface area contributed by atoms with Crippen LogP contribution in [-0.4, -0.2) is 53.6 Å². The summed E-state index contributed by atoms with van der Waals surface area (Å²) in [5.41, 5.74) is 3.27. The van der Waals surface area contributed by atoms with Crippen molar-refractivity contribution in [3.63, 3.8) is 0 Å². The molecule has 2 amide bonds. The SMILES string of the molecule is C=CCCC[C@H](Cc1ccccc1)C(=O)OCCNC(=O)[C@@H](CC=C)CC(=O)N1Cc2ccccc2C[C@H]1CO. The first-order valence-electron chi connectivity index (χ1n) is 14.1. The zero-order chi connectivity index (χ0) is 28.7. The van der Waals surface area contributed by atoms with E-state index in [1.807, 2.05) is 60.7 Å². The second kappa shape index (κ2) is 16.4. The van der Waals surface area contributed by atoms with E-state index >= 15 is 0 Å². The largest absolute Gasteiger partial charge is 0.464 e. The molecule has 0 radical (unpaired) electrons. The number of hydrogen-bond donors (Lipinski definition) is 2. The van der Waals surface area contributed by atoms with Gasteiger partial charge in [0.2, 0.25) is 11.8 Å². The molecule has 0 saturated carbocycles. The van der Waals surface area contributed by atoms with Crippen LogP contribution in [0, 0.1) is 11.8 Å². The fraction of sp³-hybridized carbons (Fsp3) is 0.424. The number of benzene rings is 2. The molecule has 1 aliphatic heterocycles. The Bertz CT molecular complexity index is 1130. The van der Waals surface area contributed by atoms with E-state index in [-0.39, 0.29) is 55.9 Å². The second-order valence-electron chi connectivity index (χ2n) is 10.3. The molecule has 214 valence electrons. The maximum absolute atomic E-state index is 13.2. The maximum Gasteiger partial charge on any atom is 0.309 e. The van der Waals surface area contributed by atoms with Gasteiger partial charge in [-0.1, -0.05) is 66.7 Å². The van der Waals surface area contributed by atoms with Crippen molar-refractivity contribution in [1.29, 1.82) is 0 Å². The molecule has 0 saturated heterocycles. The van der Waals surface area contributed by atoms with Crippen LogP contribution in [0.3, 0.4) is 0 Å². The molecule has 40 heavy (non-hydrogen) atoms. The Kier molecular flexibility index (Phi) is 12.6. The summed E-state index contributed by atoms with van der Waals surface area (Å²) in [6.07, 6.45) is 7.40. The van der Waals surface area contributed by atoms with Gasteiger partial charge in [-0.3, -0.25) is 14.4 Å². The van der Waals surface area contributed by atoms with E-state index in [1.54, 1.807) is 11.0 Å². The van der Waals surface area contributed by atoms with Crippen LogP contribution in [-0.2, 0) is 38.5 Å². The predicted octanol–water partition coefficient (Wildman–Crippen LogP) is 4.39. The minimum Gasteiger partial charge on any atom is -0.464 e. The van der Waals surface area contributed by atoms with E-state index in [1.165, 1.54) is 0 Å². The van der Waals surface area contributed by atoms with Crippen LogP contribution in [0.15, 0.2) is 79.9 Å². The molecule has 0 spiro atoms. The molecule has 3 rings (SSSR count). The number of fused-ring (bicyclic) bond motifs is 1. The first-order chi connectivity index (χ1) is 19.5. The Hall–Kier alpha value is -3.71. The van der Waals surface area contributed by atoms with Crippen molar-refractivity contribution in [3.05, 3.63) is 96.6 Å². The van der Waals surface area contributed by atoms with Gasteiger partial charge in [-0.25, -0.2) is 0 Å². The van der Waals surface area contributed by atoms with E-state index in [0.717, 1.165) is 29.5 Å². The number of allylic oxidation sites excluding steroid dienone is 2. The standard InChI is InChI=1S/C33H42N2O5/c1-3-5-7-16-28(20-25-13-8-6-9-14-25)33(39)40-19-18-34-32(38)27(12-4-2)22-31(37)35-23-29-17-11-10-15-26(29)21-30(35)24-36/h3-4,6,8-11,13-15,17,27-28,30,36H,1-2,5,7,12,16,18-24H2,(H,34,38)/t27-,28+,30-/m0/s1. The Morgan fingerprint density at radius 2 is 1.75 bits per heavy atom. The minimum absolute atomic E-state index is 0.0127. The quantitative estimate of drug-likeness (QED) is 0.185. The molecule has 0 unspecified atom stereocenters. The van der Waals surface area contributed by atoms with Gasteiger partial charge in [0.05, 0.1) is 31.0 Å². The number of carbonyl (C=O) groups excluding carboxylic acids is 3. The van der Waals surface area contributed by atoms with Gasteiger partial charge in [0.1, 0.15) is 6.61 Å². The minimum atomic E-state index is -0.595. The van der Waals surface area contributed by atoms with Crippen LogP contribution in [0.4, 0.5) is 0 Å². The van der Waals surface area contributed by atoms with Gasteiger partial charge in [-0.2, -0.15) is 0 Å². The van der Waals surface area contributed by atoms with Gasteiger partial charge < -0.3 is 20.1 Å². The molecular weight excluding hydrogens is 504 g/mol. The van der Waals surface area contributed by atoms with Crippen LogP contribution >= 0.6 is 0 Å². The Morgan fingerprint density at radius 1 is 1.02 bits per heavy atom. The summed E-state index contributed by atoms with van der Waals surface area (Å²) in [6.45, 7) is 8.00. The molecule has 1 aliphatic rings. The summed E-state index contributed by atoms with van der Waals surface area (Å²) >= 11 is 0. The topological polar surface area (TPSA) is 95.9 Å². The van der Waals surface area contributed by atoms with Crippen molar-refractivity contribution in [3.8, 4) is 0 Å². The number of aliphatic hydroxyl groups is 1. The number of hydrogen-bond acceptors (Lipinski definition) is 5. The highest BCUT2D eigenvalue weighted by atomic mass is 16.5. The fourth-order valence-electron chi connectivity index (χ4n) is 5.15. The van der Waals surface area contributed by atoms with E-state index in [2.05, 4.69) is 18.5 Å². The zero-order valence-electron chi connectivity index (χ0n) is 23.3. The van der Waals surface area contributed by atoms with E-state index in [9.17, 15) is 19.5 Å². The lowest BCUT2D eigenvalue weighted by Crippen LogP contribution is -2.47. The number of unbranched alkanes of at least 4 members (excludes halogenated alkanes) is 1. The highest BCUT2D eigenvalue weighted by Gasteiger charge is 2.31. The summed E-state index contributed by atoms with van der Waals surface area (Å²) in [6, 6.07) is 17.4. The average molecular weight is 547 g/mol. The smallest absolute Gasteiger partial charge is 0.309 e. The fourth-order valence-corrected chi connectivity index (χ4v) is 5.15. The molecule has 2 N–H and O–H groups in total. The molecule has 0 aliphatic carbocycles. The number of nitrogens with zero attached hydrogens (tertiary/aromatic N) is 1. The molecule has 2 aromatic rings. The number of esters is 1. The van der Waals surface area contributed by atoms with Gasteiger partial charge >= 0.3 is 5.97 Å². The first-order valence-corrected chi connectivity index (χ1v) is 14.1. The van der Waals surface area contributed by atoms with Crippen LogP contribution in [0.5, 0.6) is 0 Å². The third-order valence-electron chi connectivity index (χ3n) is 7.39. The molecule has 0 fully saturated rings. The van der Waals surface area contributed by atoms with Crippen molar-refractivity contribution in [1.82, 2.24) is 10.2 Å². The predicted molar refractivity (Wildman–Crippen MR) is 156 cm³/mol. The highest BCUT2D eigenvalue weighted by Crippen LogP contribution is 2.25. The van der Waals surface area contributed by atoms with Crippen molar-refractivity contribution in [2.45, 2.75) is 57.5 Å². The number of rotatable bonds is 16. The van der Waals surface area contributed by atoms with E-state index in [4.69, 9.17) is 4.74 Å². The normalized spacial score (nSPS) is 15.8. The molecule has 1 heterocycles. The van der Waals surface area contributed by atoms with Crippen molar-refractivity contribution < 1.29 is 24.2 Å². The molecular formula is C33H42N2O5. The lowest BCUT2D eigenvalue weighted by atomic mass is 9.92. The number of nitrogens with one attached hydrogen (secondary N) is 1. The molecule has 7 nitrogen and oxygen atoms in total. The monoisotopic (exact) mass is 546 g/mol. The van der Waals surface area contributed by atoms with Gasteiger partial charge in [0, 0.05) is 13.0 Å². The van der Waals surface area contributed by atoms with Crippen molar-refractivity contribution in [2.75, 3.05) is 19.8 Å². The highest BCUT2D eigenvalue weighted by molar-refractivity contribution is 5.86. The van der Waals surface area contributed by atoms with Crippen LogP contribution in [0.2, 0.25) is 0 Å². The summed E-state index contributed by atoms with van der Waals surface area (Å²) in [5.74, 6) is -1.60. The third kappa shape index (κ3) is 9.19. The molecule has 7 heteroatoms. The van der Waals surface area contributed by atoms with Gasteiger partial charge in [0.25, 0.3) is 0 Å². The van der Waals surface area contributed by atoms with Gasteiger partial charge in [0.15, 0.2) is 0 Å². The van der Waals surface area contributed by atoms with E-state index < -0.39 is 5.92 Å². The Balaban J connectivity index is 1.50. The summed E-state index contributed by atoms with van der Waals surface area (Å²) in [4.78, 5) is 40.7. The third-order valence-corrected chi connectivity index (χ3v) is 7.39. The van der Waals surface area contributed by atoms with Crippen molar-refractivity contribution in [2.24, 2.45) is 11.8 Å². The number of aliphatic hydroxyl groups excluding tert-OH is 1. The lowest BCUT2D eigenvalue weighted by Gasteiger charge is -2.36. The number of ether oxygens (including phenoxy) is 1. The molecule has 2 aromatic carbocycles. The van der Waals surface area contributed by atoms with Gasteiger partial charge in [-0.05, 0) is 55.2 Å². The van der Waals surface area contributed by atoms with Crippen LogP contribution in [0.1, 0.15) is 48.8 Å². The molecule has 0 bridgehead atoms. The summed E-state index contributed by atoms with van der Waals surface area (Å²) in [7, 11) is 0. The number of carbonyl (C=O) groups is 3. The zero-order valence-corrected chi connectivity index (χ0v) is 23.3. The molecule has 0 aromatic heterocycles.